The number of primary amides is 1. The Balaban J connectivity index is 2.77. The van der Waals surface area contributed by atoms with E-state index in [4.69, 9.17) is 11.5 Å². The third kappa shape index (κ3) is 0.814. The van der Waals surface area contributed by atoms with Crippen molar-refractivity contribution in [3.05, 3.63) is 0 Å². The first kappa shape index (κ1) is 7.54. The molecular weight excluding hydrogens is 128 g/mol. The van der Waals surface area contributed by atoms with E-state index in [1.165, 1.54) is 0 Å². The third-order valence-electron chi connectivity index (χ3n) is 2.77. The van der Waals surface area contributed by atoms with Crippen molar-refractivity contribution in [2.45, 2.75) is 32.2 Å². The van der Waals surface area contributed by atoms with Crippen LogP contribution in [0.1, 0.15) is 26.7 Å². The summed E-state index contributed by atoms with van der Waals surface area (Å²) >= 11 is 0. The van der Waals surface area contributed by atoms with Gasteiger partial charge < -0.3 is 11.5 Å². The first-order valence-electron chi connectivity index (χ1n) is 3.49. The first-order chi connectivity index (χ1) is 4.40. The molecule has 3 nitrogen and oxygen atoms in total. The molecular formula is C7H14N2O. The zero-order chi connectivity index (χ0) is 7.99. The third-order valence-corrected chi connectivity index (χ3v) is 2.77. The van der Waals surface area contributed by atoms with Crippen molar-refractivity contribution in [1.82, 2.24) is 0 Å². The molecule has 0 heterocycles. The maximum absolute atomic E-state index is 10.8. The molecule has 0 aliphatic heterocycles. The zero-order valence-corrected chi connectivity index (χ0v) is 6.48. The van der Waals surface area contributed by atoms with Crippen molar-refractivity contribution in [1.29, 1.82) is 0 Å². The Bertz CT molecular complexity index is 170. The highest BCUT2D eigenvalue weighted by atomic mass is 16.1. The SMILES string of the molecule is CC1(C(C)(N)C(N)=O)CC1. The van der Waals surface area contributed by atoms with Crippen molar-refractivity contribution in [3.63, 3.8) is 0 Å². The number of amides is 1. The van der Waals surface area contributed by atoms with Gasteiger partial charge in [0.2, 0.25) is 5.91 Å². The molecule has 0 spiro atoms. The smallest absolute Gasteiger partial charge is 0.237 e. The van der Waals surface area contributed by atoms with Crippen LogP contribution in [0.15, 0.2) is 0 Å². The number of hydrogen-bond donors (Lipinski definition) is 2. The Kier molecular flexibility index (Phi) is 1.30. The maximum atomic E-state index is 10.8. The molecule has 4 N–H and O–H groups in total. The standard InChI is InChI=1S/C7H14N2O/c1-6(3-4-6)7(2,9)5(8)10/h3-4,9H2,1-2H3,(H2,8,10). The highest BCUT2D eigenvalue weighted by Gasteiger charge is 2.54. The van der Waals surface area contributed by atoms with Crippen LogP contribution in [0.25, 0.3) is 0 Å². The minimum absolute atomic E-state index is 0.0289. The molecule has 0 aromatic heterocycles. The van der Waals surface area contributed by atoms with E-state index in [1.54, 1.807) is 6.92 Å². The average molecular weight is 142 g/mol. The molecule has 1 fully saturated rings. The second kappa shape index (κ2) is 1.72. The molecule has 0 bridgehead atoms. The Morgan fingerprint density at radius 1 is 1.60 bits per heavy atom. The molecule has 58 valence electrons. The van der Waals surface area contributed by atoms with E-state index in [9.17, 15) is 4.79 Å². The fraction of sp³-hybridized carbons (Fsp3) is 0.857. The van der Waals surface area contributed by atoms with Gasteiger partial charge in [0, 0.05) is 0 Å². The summed E-state index contributed by atoms with van der Waals surface area (Å²) < 4.78 is 0. The first-order valence-corrected chi connectivity index (χ1v) is 3.49. The highest BCUT2D eigenvalue weighted by molar-refractivity contribution is 5.85. The van der Waals surface area contributed by atoms with Gasteiger partial charge >= 0.3 is 0 Å². The second-order valence-electron chi connectivity index (χ2n) is 3.63. The second-order valence-corrected chi connectivity index (χ2v) is 3.63. The molecule has 0 aromatic carbocycles. The maximum Gasteiger partial charge on any atom is 0.237 e. The molecule has 1 atom stereocenters. The van der Waals surface area contributed by atoms with Crippen molar-refractivity contribution in [3.8, 4) is 0 Å². The van der Waals surface area contributed by atoms with E-state index in [-0.39, 0.29) is 5.41 Å². The van der Waals surface area contributed by atoms with Gasteiger partial charge in [0.1, 0.15) is 0 Å². The summed E-state index contributed by atoms with van der Waals surface area (Å²) in [6.45, 7) is 3.71. The summed E-state index contributed by atoms with van der Waals surface area (Å²) in [6.07, 6.45) is 2.03. The van der Waals surface area contributed by atoms with Crippen LogP contribution in [0.3, 0.4) is 0 Å². The van der Waals surface area contributed by atoms with Gasteiger partial charge in [0.05, 0.1) is 5.54 Å². The lowest BCUT2D eigenvalue weighted by Gasteiger charge is -2.27. The zero-order valence-electron chi connectivity index (χ0n) is 6.48. The number of carbonyl (C=O) groups is 1. The summed E-state index contributed by atoms with van der Waals surface area (Å²) in [7, 11) is 0. The van der Waals surface area contributed by atoms with Crippen LogP contribution in [0.5, 0.6) is 0 Å². The molecule has 0 aromatic rings. The number of rotatable bonds is 2. The molecule has 3 heteroatoms. The van der Waals surface area contributed by atoms with Crippen LogP contribution in [-0.4, -0.2) is 11.4 Å². The number of nitrogens with two attached hydrogens (primary N) is 2. The lowest BCUT2D eigenvalue weighted by Crippen LogP contribution is -2.55. The molecule has 0 radical (unpaired) electrons. The van der Waals surface area contributed by atoms with E-state index in [0.29, 0.717) is 0 Å². The molecule has 10 heavy (non-hydrogen) atoms. The van der Waals surface area contributed by atoms with E-state index >= 15 is 0 Å². The molecule has 1 unspecified atom stereocenters. The highest BCUT2D eigenvalue weighted by Crippen LogP contribution is 2.52. The van der Waals surface area contributed by atoms with Crippen molar-refractivity contribution >= 4 is 5.91 Å². The number of carbonyl (C=O) groups excluding carboxylic acids is 1. The predicted molar refractivity (Wildman–Crippen MR) is 39.1 cm³/mol. The summed E-state index contributed by atoms with van der Waals surface area (Å²) in [4.78, 5) is 10.8. The van der Waals surface area contributed by atoms with Crippen LogP contribution >= 0.6 is 0 Å². The predicted octanol–water partition coefficient (Wildman–Crippen LogP) is -0.0108. The Morgan fingerprint density at radius 3 is 2.10 bits per heavy atom. The van der Waals surface area contributed by atoms with Crippen LogP contribution in [0.2, 0.25) is 0 Å². The quantitative estimate of drug-likeness (QED) is 0.569. The van der Waals surface area contributed by atoms with Gasteiger partial charge in [-0.05, 0) is 25.2 Å². The molecule has 1 aliphatic carbocycles. The Morgan fingerprint density at radius 2 is 2.00 bits per heavy atom. The van der Waals surface area contributed by atoms with Crippen molar-refractivity contribution in [2.24, 2.45) is 16.9 Å². The van der Waals surface area contributed by atoms with Crippen LogP contribution in [0.4, 0.5) is 0 Å². The largest absolute Gasteiger partial charge is 0.368 e. The Labute approximate surface area is 60.8 Å². The van der Waals surface area contributed by atoms with Crippen molar-refractivity contribution < 1.29 is 4.79 Å². The van der Waals surface area contributed by atoms with Gasteiger partial charge in [-0.25, -0.2) is 0 Å². The minimum Gasteiger partial charge on any atom is -0.368 e. The molecule has 1 saturated carbocycles. The monoisotopic (exact) mass is 142 g/mol. The summed E-state index contributed by atoms with van der Waals surface area (Å²) in [5.41, 5.74) is 10.0. The fourth-order valence-corrected chi connectivity index (χ4v) is 1.00. The average Bonchev–Trinajstić information content (AvgIpc) is 2.48. The Hall–Kier alpha value is -0.570. The van der Waals surface area contributed by atoms with Crippen molar-refractivity contribution in [2.75, 3.05) is 0 Å². The molecule has 0 saturated heterocycles. The normalized spacial score (nSPS) is 27.1. The molecule has 1 rings (SSSR count). The lowest BCUT2D eigenvalue weighted by atomic mass is 9.84. The number of hydrogen-bond acceptors (Lipinski definition) is 2. The van der Waals surface area contributed by atoms with E-state index in [1.807, 2.05) is 6.92 Å². The van der Waals surface area contributed by atoms with Gasteiger partial charge in [-0.3, -0.25) is 4.79 Å². The minimum atomic E-state index is -0.812. The van der Waals surface area contributed by atoms with E-state index in [2.05, 4.69) is 0 Å². The van der Waals surface area contributed by atoms with Gasteiger partial charge in [0.25, 0.3) is 0 Å². The van der Waals surface area contributed by atoms with Crippen LogP contribution in [0, 0.1) is 5.41 Å². The summed E-state index contributed by atoms with van der Waals surface area (Å²) in [5, 5.41) is 0. The van der Waals surface area contributed by atoms with E-state index < -0.39 is 11.4 Å². The molecule has 1 aliphatic rings. The summed E-state index contributed by atoms with van der Waals surface area (Å²) in [5.74, 6) is -0.396. The van der Waals surface area contributed by atoms with Crippen LogP contribution in [-0.2, 0) is 4.79 Å². The summed E-state index contributed by atoms with van der Waals surface area (Å²) in [6, 6.07) is 0. The van der Waals surface area contributed by atoms with Gasteiger partial charge in [-0.15, -0.1) is 0 Å². The fourth-order valence-electron chi connectivity index (χ4n) is 1.00. The van der Waals surface area contributed by atoms with Crippen LogP contribution < -0.4 is 11.5 Å². The molecule has 1 amide bonds. The van der Waals surface area contributed by atoms with Gasteiger partial charge in [0.15, 0.2) is 0 Å². The topological polar surface area (TPSA) is 69.1 Å². The van der Waals surface area contributed by atoms with E-state index in [0.717, 1.165) is 12.8 Å². The van der Waals surface area contributed by atoms with Gasteiger partial charge in [-0.1, -0.05) is 6.92 Å². The van der Waals surface area contributed by atoms with Gasteiger partial charge in [-0.2, -0.15) is 0 Å². The lowest BCUT2D eigenvalue weighted by molar-refractivity contribution is -0.124.